The second-order valence-corrected chi connectivity index (χ2v) is 4.74. The third-order valence-corrected chi connectivity index (χ3v) is 2.74. The van der Waals surface area contributed by atoms with E-state index >= 15 is 0 Å². The molecule has 0 bridgehead atoms. The molecule has 0 aliphatic carbocycles. The minimum absolute atomic E-state index is 0.441. The van der Waals surface area contributed by atoms with Gasteiger partial charge in [-0.2, -0.15) is 0 Å². The number of hydrogen-bond donors (Lipinski definition) is 2. The van der Waals surface area contributed by atoms with E-state index in [1.807, 2.05) is 18.0 Å². The Hall–Kier alpha value is -1.71. The number of nitrogens with zero attached hydrogens (tertiary/aromatic N) is 1. The van der Waals surface area contributed by atoms with Crippen LogP contribution < -0.4 is 16.4 Å². The summed E-state index contributed by atoms with van der Waals surface area (Å²) in [6.45, 7) is 5.24. The lowest BCUT2D eigenvalue weighted by molar-refractivity contribution is 0.100. The molecule has 0 saturated heterocycles. The molecule has 0 aliphatic heterocycles. The Kier molecular flexibility index (Phi) is 4.37. The lowest BCUT2D eigenvalue weighted by Crippen LogP contribution is -2.24. The van der Waals surface area contributed by atoms with E-state index in [0.717, 1.165) is 18.7 Å². The fraction of sp³-hybridized carbons (Fsp3) is 0.462. The number of benzene rings is 1. The van der Waals surface area contributed by atoms with Gasteiger partial charge < -0.3 is 16.4 Å². The van der Waals surface area contributed by atoms with Gasteiger partial charge in [0.2, 0.25) is 0 Å². The molecule has 0 saturated carbocycles. The maximum absolute atomic E-state index is 11.4. The standard InChI is InChI=1S/C13H21N3O/c1-9(2)6-7-16(3)12-5-4-10(14)8-11(12)13(15)17/h4-5,8-9H,6-7,14H2,1-3H3,(H2,15,17). The van der Waals surface area contributed by atoms with Crippen molar-refractivity contribution in [1.82, 2.24) is 0 Å². The van der Waals surface area contributed by atoms with Crippen LogP contribution in [0.4, 0.5) is 11.4 Å². The molecule has 0 aliphatic rings. The average molecular weight is 235 g/mol. The van der Waals surface area contributed by atoms with Gasteiger partial charge in [-0.15, -0.1) is 0 Å². The van der Waals surface area contributed by atoms with Crippen molar-refractivity contribution in [2.24, 2.45) is 11.7 Å². The van der Waals surface area contributed by atoms with Crippen LogP contribution in [0.15, 0.2) is 18.2 Å². The molecule has 4 nitrogen and oxygen atoms in total. The molecule has 4 heteroatoms. The predicted molar refractivity (Wildman–Crippen MR) is 72.1 cm³/mol. The van der Waals surface area contributed by atoms with Crippen molar-refractivity contribution in [3.63, 3.8) is 0 Å². The molecule has 1 amide bonds. The maximum Gasteiger partial charge on any atom is 0.250 e. The molecule has 1 aromatic carbocycles. The van der Waals surface area contributed by atoms with Crippen molar-refractivity contribution in [2.75, 3.05) is 24.2 Å². The average Bonchev–Trinajstić information content (AvgIpc) is 2.25. The number of hydrogen-bond acceptors (Lipinski definition) is 3. The molecule has 0 unspecified atom stereocenters. The molecule has 0 heterocycles. The minimum Gasteiger partial charge on any atom is -0.399 e. The number of primary amides is 1. The van der Waals surface area contributed by atoms with Gasteiger partial charge in [-0.3, -0.25) is 4.79 Å². The number of anilines is 2. The summed E-state index contributed by atoms with van der Waals surface area (Å²) in [5.74, 6) is 0.187. The van der Waals surface area contributed by atoms with Crippen molar-refractivity contribution < 1.29 is 4.79 Å². The van der Waals surface area contributed by atoms with Crippen molar-refractivity contribution in [1.29, 1.82) is 0 Å². The molecule has 0 spiro atoms. The molecular formula is C13H21N3O. The number of rotatable bonds is 5. The first-order valence-electron chi connectivity index (χ1n) is 5.82. The van der Waals surface area contributed by atoms with Gasteiger partial charge in [-0.25, -0.2) is 0 Å². The normalized spacial score (nSPS) is 10.6. The maximum atomic E-state index is 11.4. The van der Waals surface area contributed by atoms with Crippen LogP contribution in [0, 0.1) is 5.92 Å². The van der Waals surface area contributed by atoms with Crippen LogP contribution in [0.3, 0.4) is 0 Å². The Morgan fingerprint density at radius 1 is 1.41 bits per heavy atom. The van der Waals surface area contributed by atoms with E-state index in [1.165, 1.54) is 0 Å². The van der Waals surface area contributed by atoms with Gasteiger partial charge in [0.1, 0.15) is 0 Å². The highest BCUT2D eigenvalue weighted by atomic mass is 16.1. The van der Waals surface area contributed by atoms with E-state index in [9.17, 15) is 4.79 Å². The van der Waals surface area contributed by atoms with Gasteiger partial charge in [0.05, 0.1) is 5.56 Å². The summed E-state index contributed by atoms with van der Waals surface area (Å²) >= 11 is 0. The Morgan fingerprint density at radius 2 is 2.06 bits per heavy atom. The Bertz CT molecular complexity index is 402. The number of amides is 1. The fourth-order valence-corrected chi connectivity index (χ4v) is 1.66. The largest absolute Gasteiger partial charge is 0.399 e. The van der Waals surface area contributed by atoms with Gasteiger partial charge in [-0.05, 0) is 30.5 Å². The summed E-state index contributed by atoms with van der Waals surface area (Å²) < 4.78 is 0. The lowest BCUT2D eigenvalue weighted by Gasteiger charge is -2.22. The molecule has 4 N–H and O–H groups in total. The van der Waals surface area contributed by atoms with E-state index in [2.05, 4.69) is 13.8 Å². The summed E-state index contributed by atoms with van der Waals surface area (Å²) in [5.41, 5.74) is 12.9. The van der Waals surface area contributed by atoms with Crippen LogP contribution in [-0.2, 0) is 0 Å². The van der Waals surface area contributed by atoms with Crippen LogP contribution in [-0.4, -0.2) is 19.5 Å². The SMILES string of the molecule is CC(C)CCN(C)c1ccc(N)cc1C(N)=O. The van der Waals surface area contributed by atoms with Crippen LogP contribution in [0.1, 0.15) is 30.6 Å². The van der Waals surface area contributed by atoms with E-state index in [0.29, 0.717) is 17.2 Å². The van der Waals surface area contributed by atoms with Gasteiger partial charge in [0.15, 0.2) is 0 Å². The zero-order valence-corrected chi connectivity index (χ0v) is 10.7. The highest BCUT2D eigenvalue weighted by Gasteiger charge is 2.12. The third-order valence-electron chi connectivity index (χ3n) is 2.74. The first-order valence-corrected chi connectivity index (χ1v) is 5.82. The quantitative estimate of drug-likeness (QED) is 0.765. The van der Waals surface area contributed by atoms with Gasteiger partial charge in [-0.1, -0.05) is 13.8 Å². The highest BCUT2D eigenvalue weighted by Crippen LogP contribution is 2.22. The Balaban J connectivity index is 2.92. The lowest BCUT2D eigenvalue weighted by atomic mass is 10.1. The van der Waals surface area contributed by atoms with Crippen molar-refractivity contribution in [2.45, 2.75) is 20.3 Å². The molecular weight excluding hydrogens is 214 g/mol. The Labute approximate surface area is 103 Å². The predicted octanol–water partition coefficient (Wildman–Crippen LogP) is 1.85. The van der Waals surface area contributed by atoms with E-state index in [4.69, 9.17) is 11.5 Å². The van der Waals surface area contributed by atoms with Crippen molar-refractivity contribution in [3.05, 3.63) is 23.8 Å². The van der Waals surface area contributed by atoms with E-state index < -0.39 is 5.91 Å². The topological polar surface area (TPSA) is 72.3 Å². The third kappa shape index (κ3) is 3.66. The molecule has 0 radical (unpaired) electrons. The van der Waals surface area contributed by atoms with E-state index in [-0.39, 0.29) is 0 Å². The molecule has 0 aromatic heterocycles. The zero-order chi connectivity index (χ0) is 13.0. The molecule has 17 heavy (non-hydrogen) atoms. The monoisotopic (exact) mass is 235 g/mol. The highest BCUT2D eigenvalue weighted by molar-refractivity contribution is 5.99. The first-order chi connectivity index (χ1) is 7.91. The summed E-state index contributed by atoms with van der Waals surface area (Å²) in [5, 5.41) is 0. The van der Waals surface area contributed by atoms with Crippen LogP contribution in [0.5, 0.6) is 0 Å². The molecule has 1 aromatic rings. The zero-order valence-electron chi connectivity index (χ0n) is 10.7. The molecule has 1 rings (SSSR count). The van der Waals surface area contributed by atoms with Gasteiger partial charge in [0.25, 0.3) is 5.91 Å². The summed E-state index contributed by atoms with van der Waals surface area (Å²) in [7, 11) is 1.96. The van der Waals surface area contributed by atoms with Crippen LogP contribution in [0.25, 0.3) is 0 Å². The van der Waals surface area contributed by atoms with Crippen LogP contribution >= 0.6 is 0 Å². The molecule has 0 atom stereocenters. The summed E-state index contributed by atoms with van der Waals surface area (Å²) in [6.07, 6.45) is 1.07. The van der Waals surface area contributed by atoms with Crippen LogP contribution in [0.2, 0.25) is 0 Å². The van der Waals surface area contributed by atoms with E-state index in [1.54, 1.807) is 12.1 Å². The first kappa shape index (κ1) is 13.4. The number of carbonyl (C=O) groups excluding carboxylic acids is 1. The minimum atomic E-state index is -0.441. The van der Waals surface area contributed by atoms with Gasteiger partial charge >= 0.3 is 0 Å². The van der Waals surface area contributed by atoms with Crippen molar-refractivity contribution in [3.8, 4) is 0 Å². The number of nitrogen functional groups attached to an aromatic ring is 1. The van der Waals surface area contributed by atoms with Gasteiger partial charge in [0, 0.05) is 25.0 Å². The Morgan fingerprint density at radius 3 is 2.59 bits per heavy atom. The number of carbonyl (C=O) groups is 1. The second kappa shape index (κ2) is 5.57. The second-order valence-electron chi connectivity index (χ2n) is 4.74. The smallest absolute Gasteiger partial charge is 0.250 e. The summed E-state index contributed by atoms with van der Waals surface area (Å²) in [4.78, 5) is 13.4. The number of nitrogens with two attached hydrogens (primary N) is 2. The molecule has 94 valence electrons. The molecule has 0 fully saturated rings. The fourth-order valence-electron chi connectivity index (χ4n) is 1.66. The summed E-state index contributed by atoms with van der Waals surface area (Å²) in [6, 6.07) is 5.26. The van der Waals surface area contributed by atoms with Crippen molar-refractivity contribution >= 4 is 17.3 Å².